The van der Waals surface area contributed by atoms with Crippen LogP contribution in [0.1, 0.15) is 39.7 Å². The van der Waals surface area contributed by atoms with Gasteiger partial charge in [0, 0.05) is 31.1 Å². The van der Waals surface area contributed by atoms with Crippen LogP contribution in [0.15, 0.2) is 12.4 Å². The summed E-state index contributed by atoms with van der Waals surface area (Å²) in [4.78, 5) is 11.8. The van der Waals surface area contributed by atoms with Crippen LogP contribution in [-0.2, 0) is 11.3 Å². The molecule has 5 heteroatoms. The molecule has 1 heterocycles. The molecule has 0 saturated carbocycles. The van der Waals surface area contributed by atoms with Crippen LogP contribution in [0.5, 0.6) is 0 Å². The molecule has 2 N–H and O–H groups in total. The maximum absolute atomic E-state index is 11.8. The van der Waals surface area contributed by atoms with E-state index in [9.17, 15) is 9.90 Å². The molecule has 5 nitrogen and oxygen atoms in total. The molecule has 0 aromatic carbocycles. The molecule has 0 fully saturated rings. The quantitative estimate of drug-likeness (QED) is 0.800. The first-order chi connectivity index (χ1) is 9.22. The first kappa shape index (κ1) is 16.7. The molecule has 0 aliphatic carbocycles. The van der Waals surface area contributed by atoms with Gasteiger partial charge in [0.25, 0.3) is 0 Å². The highest BCUT2D eigenvalue weighted by Crippen LogP contribution is 2.25. The first-order valence-corrected chi connectivity index (χ1v) is 7.16. The molecule has 0 saturated heterocycles. The second-order valence-electron chi connectivity index (χ2n) is 6.48. The molecule has 1 atom stereocenters. The van der Waals surface area contributed by atoms with Crippen LogP contribution in [0.2, 0.25) is 0 Å². The third-order valence-corrected chi connectivity index (χ3v) is 3.50. The van der Waals surface area contributed by atoms with Crippen molar-refractivity contribution in [2.75, 3.05) is 6.54 Å². The van der Waals surface area contributed by atoms with Gasteiger partial charge in [0.05, 0.1) is 12.3 Å². The highest BCUT2D eigenvalue weighted by molar-refractivity contribution is 5.75. The smallest absolute Gasteiger partial charge is 0.221 e. The normalized spacial score (nSPS) is 13.6. The minimum atomic E-state index is -0.434. The van der Waals surface area contributed by atoms with Gasteiger partial charge in [-0.15, -0.1) is 0 Å². The zero-order valence-corrected chi connectivity index (χ0v) is 13.2. The van der Waals surface area contributed by atoms with Gasteiger partial charge in [0.1, 0.15) is 0 Å². The molecule has 0 radical (unpaired) electrons. The summed E-state index contributed by atoms with van der Waals surface area (Å²) in [5.74, 6) is 0.163. The molecule has 1 aromatic rings. The predicted octanol–water partition coefficient (Wildman–Crippen LogP) is 1.74. The molecule has 20 heavy (non-hydrogen) atoms. The number of aliphatic hydroxyl groups is 1. The summed E-state index contributed by atoms with van der Waals surface area (Å²) >= 11 is 0. The molecule has 0 bridgehead atoms. The fraction of sp³-hybridized carbons (Fsp3) is 0.733. The van der Waals surface area contributed by atoms with Gasteiger partial charge in [0.15, 0.2) is 0 Å². The van der Waals surface area contributed by atoms with Crippen molar-refractivity contribution < 1.29 is 9.90 Å². The van der Waals surface area contributed by atoms with Gasteiger partial charge in [-0.1, -0.05) is 27.7 Å². The number of hydrogen-bond acceptors (Lipinski definition) is 3. The zero-order valence-electron chi connectivity index (χ0n) is 13.2. The van der Waals surface area contributed by atoms with E-state index in [0.29, 0.717) is 19.5 Å². The molecule has 1 aromatic heterocycles. The van der Waals surface area contributed by atoms with E-state index in [-0.39, 0.29) is 17.2 Å². The predicted molar refractivity (Wildman–Crippen MR) is 79.2 cm³/mol. The van der Waals surface area contributed by atoms with E-state index in [1.807, 2.05) is 40.8 Å². The van der Waals surface area contributed by atoms with E-state index in [1.165, 1.54) is 0 Å². The average molecular weight is 281 g/mol. The van der Waals surface area contributed by atoms with E-state index in [1.54, 1.807) is 10.9 Å². The van der Waals surface area contributed by atoms with E-state index >= 15 is 0 Å². The van der Waals surface area contributed by atoms with Crippen molar-refractivity contribution >= 4 is 5.91 Å². The van der Waals surface area contributed by atoms with E-state index < -0.39 is 6.10 Å². The van der Waals surface area contributed by atoms with E-state index in [0.717, 1.165) is 5.56 Å². The Morgan fingerprint density at radius 1 is 1.50 bits per heavy atom. The number of aliphatic hydroxyl groups excluding tert-OH is 1. The number of hydrogen-bond donors (Lipinski definition) is 2. The lowest BCUT2D eigenvalue weighted by Gasteiger charge is -2.33. The topological polar surface area (TPSA) is 67.2 Å². The molecule has 0 spiro atoms. The Bertz CT molecular complexity index is 438. The molecular formula is C15H27N3O2. The molecule has 1 amide bonds. The largest absolute Gasteiger partial charge is 0.392 e. The Hall–Kier alpha value is -1.36. The Labute approximate surface area is 121 Å². The lowest BCUT2D eigenvalue weighted by Crippen LogP contribution is -2.43. The summed E-state index contributed by atoms with van der Waals surface area (Å²) in [6, 6.07) is 0. The molecule has 0 aliphatic heterocycles. The van der Waals surface area contributed by atoms with E-state index in [4.69, 9.17) is 0 Å². The molecule has 0 aliphatic rings. The van der Waals surface area contributed by atoms with Gasteiger partial charge < -0.3 is 10.4 Å². The first-order valence-electron chi connectivity index (χ1n) is 7.16. The summed E-state index contributed by atoms with van der Waals surface area (Å²) < 4.78 is 1.77. The number of aryl methyl sites for hydroxylation is 2. The van der Waals surface area contributed by atoms with Crippen LogP contribution in [0, 0.1) is 18.3 Å². The second kappa shape index (κ2) is 6.88. The van der Waals surface area contributed by atoms with Crippen molar-refractivity contribution in [3.63, 3.8) is 0 Å². The van der Waals surface area contributed by atoms with Crippen LogP contribution in [0.25, 0.3) is 0 Å². The Morgan fingerprint density at radius 3 is 2.65 bits per heavy atom. The van der Waals surface area contributed by atoms with E-state index in [2.05, 4.69) is 10.4 Å². The Morgan fingerprint density at radius 2 is 2.15 bits per heavy atom. The summed E-state index contributed by atoms with van der Waals surface area (Å²) in [5.41, 5.74) is 0.762. The highest BCUT2D eigenvalue weighted by atomic mass is 16.3. The van der Waals surface area contributed by atoms with Crippen LogP contribution in [0.3, 0.4) is 0 Å². The Balaban J connectivity index is 2.36. The number of rotatable bonds is 7. The lowest BCUT2D eigenvalue weighted by molar-refractivity contribution is -0.122. The number of carbonyl (C=O) groups is 1. The number of nitrogens with zero attached hydrogens (tertiary/aromatic N) is 2. The van der Waals surface area contributed by atoms with Crippen LogP contribution in [0.4, 0.5) is 0 Å². The zero-order chi connectivity index (χ0) is 15.3. The number of nitrogens with one attached hydrogen (secondary N) is 1. The summed E-state index contributed by atoms with van der Waals surface area (Å²) in [6.07, 6.45) is 3.66. The van der Waals surface area contributed by atoms with Gasteiger partial charge in [-0.25, -0.2) is 0 Å². The molecule has 114 valence electrons. The lowest BCUT2D eigenvalue weighted by atomic mass is 9.80. The van der Waals surface area contributed by atoms with Gasteiger partial charge >= 0.3 is 0 Å². The molecule has 1 rings (SSSR count). The van der Waals surface area contributed by atoms with Crippen molar-refractivity contribution in [2.45, 2.75) is 53.7 Å². The van der Waals surface area contributed by atoms with Crippen molar-refractivity contribution in [3.05, 3.63) is 18.0 Å². The van der Waals surface area contributed by atoms with Gasteiger partial charge in [0.2, 0.25) is 5.91 Å². The minimum Gasteiger partial charge on any atom is -0.392 e. The van der Waals surface area contributed by atoms with Crippen molar-refractivity contribution in [2.24, 2.45) is 11.3 Å². The van der Waals surface area contributed by atoms with Crippen molar-refractivity contribution in [1.82, 2.24) is 15.1 Å². The SMILES string of the molecule is Cc1cnn(CCC(=O)NCC(C)(C)C(O)C(C)C)c1. The second-order valence-corrected chi connectivity index (χ2v) is 6.48. The van der Waals surface area contributed by atoms with Crippen LogP contribution < -0.4 is 5.32 Å². The third-order valence-electron chi connectivity index (χ3n) is 3.50. The fourth-order valence-corrected chi connectivity index (χ4v) is 2.23. The third kappa shape index (κ3) is 4.96. The number of carbonyl (C=O) groups excluding carboxylic acids is 1. The number of aromatic nitrogens is 2. The molecule has 1 unspecified atom stereocenters. The highest BCUT2D eigenvalue weighted by Gasteiger charge is 2.30. The minimum absolute atomic E-state index is 0.0119. The fourth-order valence-electron chi connectivity index (χ4n) is 2.23. The summed E-state index contributed by atoms with van der Waals surface area (Å²) in [6.45, 7) is 10.9. The van der Waals surface area contributed by atoms with Gasteiger partial charge in [-0.3, -0.25) is 9.48 Å². The average Bonchev–Trinajstić information content (AvgIpc) is 2.78. The van der Waals surface area contributed by atoms with Crippen LogP contribution in [-0.4, -0.2) is 33.4 Å². The summed E-state index contributed by atoms with van der Waals surface area (Å²) in [5, 5.41) is 17.2. The monoisotopic (exact) mass is 281 g/mol. The standard InChI is InChI=1S/C15H27N3O2/c1-11(2)14(20)15(4,5)10-16-13(19)6-7-18-9-12(3)8-17-18/h8-9,11,14,20H,6-7,10H2,1-5H3,(H,16,19). The van der Waals surface area contributed by atoms with Gasteiger partial charge in [-0.05, 0) is 18.4 Å². The van der Waals surface area contributed by atoms with Crippen molar-refractivity contribution in [3.8, 4) is 0 Å². The molecular weight excluding hydrogens is 254 g/mol. The summed E-state index contributed by atoms with van der Waals surface area (Å²) in [7, 11) is 0. The maximum Gasteiger partial charge on any atom is 0.221 e. The Kier molecular flexibility index (Phi) is 5.74. The van der Waals surface area contributed by atoms with Crippen LogP contribution >= 0.6 is 0 Å². The van der Waals surface area contributed by atoms with Crippen molar-refractivity contribution in [1.29, 1.82) is 0 Å². The van der Waals surface area contributed by atoms with Gasteiger partial charge in [-0.2, -0.15) is 5.10 Å². The number of amides is 1. The maximum atomic E-state index is 11.8.